The van der Waals surface area contributed by atoms with Gasteiger partial charge >= 0.3 is 0 Å². The Morgan fingerprint density at radius 1 is 1.33 bits per heavy atom. The Morgan fingerprint density at radius 2 is 2.17 bits per heavy atom. The molecule has 2 rings (SSSR count). The Balaban J connectivity index is 2.07. The highest BCUT2D eigenvalue weighted by atomic mass is 16.5. The van der Waals surface area contributed by atoms with Crippen molar-refractivity contribution in [2.75, 3.05) is 12.4 Å². The molecule has 0 amide bonds. The van der Waals surface area contributed by atoms with Gasteiger partial charge < -0.3 is 15.2 Å². The second kappa shape index (κ2) is 5.40. The van der Waals surface area contributed by atoms with Crippen LogP contribution in [0.3, 0.4) is 0 Å². The lowest BCUT2D eigenvalue weighted by atomic mass is 10.1. The summed E-state index contributed by atoms with van der Waals surface area (Å²) < 4.78 is 4.99. The number of aromatic nitrogens is 1. The Morgan fingerprint density at radius 3 is 2.83 bits per heavy atom. The van der Waals surface area contributed by atoms with Crippen LogP contribution in [0.2, 0.25) is 0 Å². The Hall–Kier alpha value is -2.23. The summed E-state index contributed by atoms with van der Waals surface area (Å²) >= 11 is 0. The SMILES string of the molecule is COc1ccc(NCc2cnccc2C)cc1O. The third-order valence-corrected chi connectivity index (χ3v) is 2.81. The highest BCUT2D eigenvalue weighted by molar-refractivity contribution is 5.54. The van der Waals surface area contributed by atoms with Crippen LogP contribution in [-0.2, 0) is 6.54 Å². The number of ether oxygens (including phenoxy) is 1. The minimum atomic E-state index is 0.130. The van der Waals surface area contributed by atoms with Crippen molar-refractivity contribution >= 4 is 5.69 Å². The minimum absolute atomic E-state index is 0.130. The Bertz CT molecular complexity index is 541. The molecule has 0 fully saturated rings. The van der Waals surface area contributed by atoms with Crippen LogP contribution in [0.25, 0.3) is 0 Å². The third-order valence-electron chi connectivity index (χ3n) is 2.81. The van der Waals surface area contributed by atoms with Crippen molar-refractivity contribution < 1.29 is 9.84 Å². The lowest BCUT2D eigenvalue weighted by molar-refractivity contribution is 0.373. The molecule has 1 aromatic heterocycles. The van der Waals surface area contributed by atoms with Crippen LogP contribution in [0.15, 0.2) is 36.7 Å². The van der Waals surface area contributed by atoms with E-state index < -0.39 is 0 Å². The molecule has 0 radical (unpaired) electrons. The van der Waals surface area contributed by atoms with Crippen molar-refractivity contribution in [3.63, 3.8) is 0 Å². The summed E-state index contributed by atoms with van der Waals surface area (Å²) in [5.41, 5.74) is 3.17. The fourth-order valence-corrected chi connectivity index (χ4v) is 1.68. The lowest BCUT2D eigenvalue weighted by Crippen LogP contribution is -2.01. The molecule has 2 aromatic rings. The van der Waals surface area contributed by atoms with Gasteiger partial charge in [0.05, 0.1) is 7.11 Å². The lowest BCUT2D eigenvalue weighted by Gasteiger charge is -2.10. The average molecular weight is 244 g/mol. The topological polar surface area (TPSA) is 54.4 Å². The molecule has 4 nitrogen and oxygen atoms in total. The van der Waals surface area contributed by atoms with Crippen LogP contribution in [0.1, 0.15) is 11.1 Å². The van der Waals surface area contributed by atoms with Gasteiger partial charge in [0.25, 0.3) is 0 Å². The zero-order valence-electron chi connectivity index (χ0n) is 10.5. The maximum atomic E-state index is 9.67. The standard InChI is InChI=1S/C14H16N2O2/c1-10-5-6-15-8-11(10)9-16-12-3-4-14(18-2)13(17)7-12/h3-8,16-17H,9H2,1-2H3. The van der Waals surface area contributed by atoms with E-state index in [2.05, 4.69) is 10.3 Å². The van der Waals surface area contributed by atoms with Gasteiger partial charge in [0.2, 0.25) is 0 Å². The molecule has 94 valence electrons. The van der Waals surface area contributed by atoms with Gasteiger partial charge in [-0.15, -0.1) is 0 Å². The van der Waals surface area contributed by atoms with Crippen molar-refractivity contribution in [1.82, 2.24) is 4.98 Å². The van der Waals surface area contributed by atoms with Crippen LogP contribution in [0.4, 0.5) is 5.69 Å². The van der Waals surface area contributed by atoms with Crippen molar-refractivity contribution in [3.05, 3.63) is 47.8 Å². The van der Waals surface area contributed by atoms with E-state index in [4.69, 9.17) is 4.74 Å². The molecule has 1 aromatic carbocycles. The number of hydrogen-bond donors (Lipinski definition) is 2. The van der Waals surface area contributed by atoms with E-state index in [-0.39, 0.29) is 5.75 Å². The number of nitrogens with one attached hydrogen (secondary N) is 1. The number of nitrogens with zero attached hydrogens (tertiary/aromatic N) is 1. The van der Waals surface area contributed by atoms with Crippen LogP contribution < -0.4 is 10.1 Å². The molecule has 18 heavy (non-hydrogen) atoms. The van der Waals surface area contributed by atoms with Gasteiger partial charge in [0.15, 0.2) is 11.5 Å². The zero-order valence-corrected chi connectivity index (χ0v) is 10.5. The summed E-state index contributed by atoms with van der Waals surface area (Å²) in [6, 6.07) is 7.21. The average Bonchev–Trinajstić information content (AvgIpc) is 2.38. The summed E-state index contributed by atoms with van der Waals surface area (Å²) in [6.45, 7) is 2.72. The van der Waals surface area contributed by atoms with Gasteiger partial charge in [0.1, 0.15) is 0 Å². The van der Waals surface area contributed by atoms with Crippen molar-refractivity contribution in [2.45, 2.75) is 13.5 Å². The predicted molar refractivity (Wildman–Crippen MR) is 71.0 cm³/mol. The molecule has 0 aliphatic heterocycles. The summed E-state index contributed by atoms with van der Waals surface area (Å²) in [5, 5.41) is 12.9. The molecule has 0 saturated heterocycles. The number of phenolic OH excluding ortho intramolecular Hbond substituents is 1. The Labute approximate surface area is 106 Å². The molecular formula is C14H16N2O2. The number of pyridine rings is 1. The van der Waals surface area contributed by atoms with E-state index in [0.717, 1.165) is 11.3 Å². The van der Waals surface area contributed by atoms with E-state index in [1.165, 1.54) is 12.7 Å². The molecule has 0 bridgehead atoms. The minimum Gasteiger partial charge on any atom is -0.504 e. The first-order chi connectivity index (χ1) is 8.70. The fourth-order valence-electron chi connectivity index (χ4n) is 1.68. The maximum absolute atomic E-state index is 9.67. The summed E-state index contributed by atoms with van der Waals surface area (Å²) in [4.78, 5) is 4.09. The second-order valence-corrected chi connectivity index (χ2v) is 4.04. The second-order valence-electron chi connectivity index (χ2n) is 4.04. The molecule has 0 unspecified atom stereocenters. The van der Waals surface area contributed by atoms with Crippen LogP contribution in [0.5, 0.6) is 11.5 Å². The van der Waals surface area contributed by atoms with E-state index in [9.17, 15) is 5.11 Å². The van der Waals surface area contributed by atoms with E-state index in [1.807, 2.05) is 25.3 Å². The van der Waals surface area contributed by atoms with Gasteiger partial charge in [-0.3, -0.25) is 4.98 Å². The van der Waals surface area contributed by atoms with E-state index >= 15 is 0 Å². The van der Waals surface area contributed by atoms with Crippen LogP contribution in [-0.4, -0.2) is 17.2 Å². The van der Waals surface area contributed by atoms with Gasteiger partial charge in [-0.2, -0.15) is 0 Å². The number of hydrogen-bond acceptors (Lipinski definition) is 4. The van der Waals surface area contributed by atoms with Gasteiger partial charge in [-0.1, -0.05) is 0 Å². The van der Waals surface area contributed by atoms with Crippen LogP contribution >= 0.6 is 0 Å². The Kier molecular flexibility index (Phi) is 3.67. The smallest absolute Gasteiger partial charge is 0.160 e. The van der Waals surface area contributed by atoms with E-state index in [1.54, 1.807) is 18.3 Å². The summed E-state index contributed by atoms with van der Waals surface area (Å²) in [6.07, 6.45) is 3.61. The quantitative estimate of drug-likeness (QED) is 0.868. The predicted octanol–water partition coefficient (Wildman–Crippen LogP) is 2.72. The number of aromatic hydroxyl groups is 1. The molecular weight excluding hydrogens is 228 g/mol. The number of aryl methyl sites for hydroxylation is 1. The largest absolute Gasteiger partial charge is 0.504 e. The molecule has 2 N–H and O–H groups in total. The first kappa shape index (κ1) is 12.2. The molecule has 0 spiro atoms. The first-order valence-electron chi connectivity index (χ1n) is 5.71. The normalized spacial score (nSPS) is 10.1. The number of rotatable bonds is 4. The van der Waals surface area contributed by atoms with E-state index in [0.29, 0.717) is 12.3 Å². The zero-order chi connectivity index (χ0) is 13.0. The van der Waals surface area contributed by atoms with Crippen molar-refractivity contribution in [2.24, 2.45) is 0 Å². The van der Waals surface area contributed by atoms with Crippen molar-refractivity contribution in [3.8, 4) is 11.5 Å². The monoisotopic (exact) mass is 244 g/mol. The van der Waals surface area contributed by atoms with Crippen LogP contribution in [0, 0.1) is 6.92 Å². The molecule has 0 atom stereocenters. The summed E-state index contributed by atoms with van der Waals surface area (Å²) in [5.74, 6) is 0.600. The number of phenols is 1. The molecule has 1 heterocycles. The highest BCUT2D eigenvalue weighted by Gasteiger charge is 2.03. The fraction of sp³-hybridized carbons (Fsp3) is 0.214. The number of benzene rings is 1. The highest BCUT2D eigenvalue weighted by Crippen LogP contribution is 2.28. The van der Waals surface area contributed by atoms with Gasteiger partial charge in [-0.05, 0) is 36.2 Å². The molecule has 0 aliphatic carbocycles. The number of anilines is 1. The molecule has 4 heteroatoms. The number of methoxy groups -OCH3 is 1. The van der Waals surface area contributed by atoms with Crippen molar-refractivity contribution in [1.29, 1.82) is 0 Å². The van der Waals surface area contributed by atoms with Gasteiger partial charge in [0, 0.05) is 30.7 Å². The maximum Gasteiger partial charge on any atom is 0.160 e. The summed E-state index contributed by atoms with van der Waals surface area (Å²) in [7, 11) is 1.53. The third kappa shape index (κ3) is 2.71. The first-order valence-corrected chi connectivity index (χ1v) is 5.71. The molecule has 0 saturated carbocycles. The van der Waals surface area contributed by atoms with Gasteiger partial charge in [-0.25, -0.2) is 0 Å². The molecule has 0 aliphatic rings.